The van der Waals surface area contributed by atoms with Gasteiger partial charge in [-0.3, -0.25) is 0 Å². The molecule has 1 N–H and O–H groups in total. The molecule has 0 fully saturated rings. The predicted molar refractivity (Wildman–Crippen MR) is 46.8 cm³/mol. The molecule has 1 unspecified atom stereocenters. The molecule has 0 amide bonds. The van der Waals surface area contributed by atoms with Crippen molar-refractivity contribution in [3.05, 3.63) is 24.9 Å². The fourth-order valence-corrected chi connectivity index (χ4v) is 0.522. The Morgan fingerprint density at radius 2 is 2.30 bits per heavy atom. The Hall–Kier alpha value is -0.720. The van der Waals surface area contributed by atoms with Gasteiger partial charge in [-0.05, 0) is 12.0 Å². The highest BCUT2D eigenvalue weighted by atomic mass is 14.9. The highest BCUT2D eigenvalue weighted by Crippen LogP contribution is 1.98. The van der Waals surface area contributed by atoms with E-state index >= 15 is 0 Å². The maximum absolute atomic E-state index is 3.75. The Labute approximate surface area is 63.8 Å². The molecule has 0 saturated carbocycles. The normalized spacial score (nSPS) is 12.2. The summed E-state index contributed by atoms with van der Waals surface area (Å²) in [6.07, 6.45) is 2.94. The highest BCUT2D eigenvalue weighted by molar-refractivity contribution is 5.07. The van der Waals surface area contributed by atoms with Crippen molar-refractivity contribution < 1.29 is 0 Å². The Balaban J connectivity index is 3.34. The molecule has 0 aliphatic carbocycles. The standard InChI is InChI=1S/C9H17N/c1-5-8(3)7-10-9(4)6-2/h6,8,10H,2,4-5,7H2,1,3H3. The van der Waals surface area contributed by atoms with Crippen LogP contribution in [0.15, 0.2) is 24.9 Å². The monoisotopic (exact) mass is 139 g/mol. The predicted octanol–water partition coefficient (Wildman–Crippen LogP) is 2.32. The molecular weight excluding hydrogens is 122 g/mol. The molecule has 0 saturated heterocycles. The summed E-state index contributed by atoms with van der Waals surface area (Å²) in [5, 5.41) is 3.17. The van der Waals surface area contributed by atoms with Crippen molar-refractivity contribution in [1.29, 1.82) is 0 Å². The van der Waals surface area contributed by atoms with Gasteiger partial charge in [0.05, 0.1) is 0 Å². The molecule has 0 bridgehead atoms. The molecule has 1 atom stereocenters. The van der Waals surface area contributed by atoms with Crippen molar-refractivity contribution in [1.82, 2.24) is 5.32 Å². The summed E-state index contributed by atoms with van der Waals surface area (Å²) in [5.41, 5.74) is 0.917. The first kappa shape index (κ1) is 9.28. The molecule has 1 nitrogen and oxygen atoms in total. The van der Waals surface area contributed by atoms with Gasteiger partial charge in [-0.25, -0.2) is 0 Å². The Morgan fingerprint density at radius 1 is 1.70 bits per heavy atom. The van der Waals surface area contributed by atoms with Gasteiger partial charge in [-0.2, -0.15) is 0 Å². The van der Waals surface area contributed by atoms with E-state index in [1.54, 1.807) is 6.08 Å². The van der Waals surface area contributed by atoms with Crippen molar-refractivity contribution in [2.75, 3.05) is 6.54 Å². The van der Waals surface area contributed by atoms with Crippen molar-refractivity contribution in [2.45, 2.75) is 20.3 Å². The lowest BCUT2D eigenvalue weighted by Crippen LogP contribution is -2.18. The number of allylic oxidation sites excluding steroid dienone is 1. The Morgan fingerprint density at radius 3 is 2.70 bits per heavy atom. The second kappa shape index (κ2) is 5.10. The van der Waals surface area contributed by atoms with Crippen LogP contribution in [-0.4, -0.2) is 6.54 Å². The summed E-state index contributed by atoms with van der Waals surface area (Å²) in [4.78, 5) is 0. The number of hydrogen-bond donors (Lipinski definition) is 1. The third-order valence-corrected chi connectivity index (χ3v) is 1.62. The van der Waals surface area contributed by atoms with Gasteiger partial charge < -0.3 is 5.32 Å². The lowest BCUT2D eigenvalue weighted by molar-refractivity contribution is 0.534. The van der Waals surface area contributed by atoms with Crippen molar-refractivity contribution in [3.8, 4) is 0 Å². The van der Waals surface area contributed by atoms with Crippen LogP contribution in [0, 0.1) is 5.92 Å². The van der Waals surface area contributed by atoms with Crippen molar-refractivity contribution in [3.63, 3.8) is 0 Å². The molecule has 0 radical (unpaired) electrons. The average Bonchev–Trinajstić information content (AvgIpc) is 1.99. The van der Waals surface area contributed by atoms with Crippen LogP contribution in [0.25, 0.3) is 0 Å². The van der Waals surface area contributed by atoms with Crippen LogP contribution in [-0.2, 0) is 0 Å². The minimum atomic E-state index is 0.719. The maximum Gasteiger partial charge on any atom is 0.0261 e. The maximum atomic E-state index is 3.75. The van der Waals surface area contributed by atoms with Crippen molar-refractivity contribution >= 4 is 0 Å². The molecule has 1 heteroatoms. The second-order valence-electron chi connectivity index (χ2n) is 2.62. The van der Waals surface area contributed by atoms with Gasteiger partial charge in [0.2, 0.25) is 0 Å². The van der Waals surface area contributed by atoms with E-state index in [2.05, 4.69) is 32.3 Å². The van der Waals surface area contributed by atoms with E-state index in [1.807, 2.05) is 0 Å². The Kier molecular flexibility index (Phi) is 4.73. The first-order valence-electron chi connectivity index (χ1n) is 3.75. The van der Waals surface area contributed by atoms with Gasteiger partial charge >= 0.3 is 0 Å². The molecule has 0 aromatic carbocycles. The lowest BCUT2D eigenvalue weighted by Gasteiger charge is -2.10. The van der Waals surface area contributed by atoms with E-state index in [9.17, 15) is 0 Å². The van der Waals surface area contributed by atoms with E-state index in [1.165, 1.54) is 6.42 Å². The Bertz CT molecular complexity index is 116. The summed E-state index contributed by atoms with van der Waals surface area (Å²) in [5.74, 6) is 0.719. The van der Waals surface area contributed by atoms with E-state index in [-0.39, 0.29) is 0 Å². The zero-order valence-electron chi connectivity index (χ0n) is 6.98. The van der Waals surface area contributed by atoms with Gasteiger partial charge in [0.15, 0.2) is 0 Å². The first-order chi connectivity index (χ1) is 4.70. The minimum absolute atomic E-state index is 0.719. The molecule has 58 valence electrons. The molecule has 0 aromatic rings. The smallest absolute Gasteiger partial charge is 0.0261 e. The van der Waals surface area contributed by atoms with Crippen LogP contribution >= 0.6 is 0 Å². The summed E-state index contributed by atoms with van der Waals surface area (Å²) in [6.45, 7) is 12.7. The van der Waals surface area contributed by atoms with E-state index in [0.717, 1.165) is 18.2 Å². The number of hydrogen-bond acceptors (Lipinski definition) is 1. The third-order valence-electron chi connectivity index (χ3n) is 1.62. The summed E-state index contributed by atoms with van der Waals surface area (Å²) in [7, 11) is 0. The number of nitrogens with one attached hydrogen (secondary N) is 1. The van der Waals surface area contributed by atoms with E-state index in [4.69, 9.17) is 0 Å². The molecule has 0 rings (SSSR count). The zero-order valence-corrected chi connectivity index (χ0v) is 6.98. The van der Waals surface area contributed by atoms with Crippen LogP contribution in [0.4, 0.5) is 0 Å². The zero-order chi connectivity index (χ0) is 7.98. The van der Waals surface area contributed by atoms with Crippen molar-refractivity contribution in [2.24, 2.45) is 5.92 Å². The fraction of sp³-hybridized carbons (Fsp3) is 0.556. The molecular formula is C9H17N. The summed E-state index contributed by atoms with van der Waals surface area (Å²) >= 11 is 0. The highest BCUT2D eigenvalue weighted by Gasteiger charge is 1.95. The second-order valence-corrected chi connectivity index (χ2v) is 2.62. The lowest BCUT2D eigenvalue weighted by atomic mass is 10.1. The molecule has 0 aliphatic heterocycles. The average molecular weight is 139 g/mol. The van der Waals surface area contributed by atoms with E-state index < -0.39 is 0 Å². The number of rotatable bonds is 5. The van der Waals surface area contributed by atoms with Gasteiger partial charge in [-0.15, -0.1) is 0 Å². The summed E-state index contributed by atoms with van der Waals surface area (Å²) < 4.78 is 0. The molecule has 0 aliphatic rings. The molecule has 0 spiro atoms. The van der Waals surface area contributed by atoms with Crippen LogP contribution in [0.1, 0.15) is 20.3 Å². The first-order valence-corrected chi connectivity index (χ1v) is 3.75. The topological polar surface area (TPSA) is 12.0 Å². The largest absolute Gasteiger partial charge is 0.385 e. The van der Waals surface area contributed by atoms with E-state index in [0.29, 0.717) is 0 Å². The van der Waals surface area contributed by atoms with Gasteiger partial charge in [0.25, 0.3) is 0 Å². The molecule has 0 aromatic heterocycles. The SMILES string of the molecule is C=CC(=C)NCC(C)CC. The van der Waals surface area contributed by atoms with Crippen LogP contribution < -0.4 is 5.32 Å². The third kappa shape index (κ3) is 4.19. The van der Waals surface area contributed by atoms with Gasteiger partial charge in [-0.1, -0.05) is 33.4 Å². The summed E-state index contributed by atoms with van der Waals surface area (Å²) in [6, 6.07) is 0. The molecule has 10 heavy (non-hydrogen) atoms. The minimum Gasteiger partial charge on any atom is -0.385 e. The fourth-order valence-electron chi connectivity index (χ4n) is 0.522. The quantitative estimate of drug-likeness (QED) is 0.576. The van der Waals surface area contributed by atoms with Crippen LogP contribution in [0.2, 0.25) is 0 Å². The van der Waals surface area contributed by atoms with Crippen LogP contribution in [0.3, 0.4) is 0 Å². The van der Waals surface area contributed by atoms with Gasteiger partial charge in [0.1, 0.15) is 0 Å². The van der Waals surface area contributed by atoms with Crippen LogP contribution in [0.5, 0.6) is 0 Å². The van der Waals surface area contributed by atoms with Gasteiger partial charge in [0, 0.05) is 12.2 Å². The molecule has 0 heterocycles.